The summed E-state index contributed by atoms with van der Waals surface area (Å²) in [5.41, 5.74) is 6.18. The molecule has 1 aromatic carbocycles. The Morgan fingerprint density at radius 1 is 1.29 bits per heavy atom. The highest BCUT2D eigenvalue weighted by atomic mass is 19.1. The maximum atomic E-state index is 13.4. The van der Waals surface area contributed by atoms with Crippen molar-refractivity contribution < 1.29 is 14.0 Å². The van der Waals surface area contributed by atoms with Gasteiger partial charge < -0.3 is 15.4 Å². The van der Waals surface area contributed by atoms with Gasteiger partial charge in [-0.3, -0.25) is 0 Å². The third kappa shape index (κ3) is 2.90. The molecule has 0 bridgehead atoms. The average Bonchev–Trinajstić information content (AvgIpc) is 3.00. The highest BCUT2D eigenvalue weighted by Gasteiger charge is 2.26. The van der Waals surface area contributed by atoms with Crippen molar-refractivity contribution in [2.75, 3.05) is 6.54 Å². The summed E-state index contributed by atoms with van der Waals surface area (Å²) in [6.45, 7) is 0.731. The SMILES string of the molecule is NCC1CCC(c2nc(-c3ccc(O)c(F)c3)no2)CC1. The first kappa shape index (κ1) is 14.0. The van der Waals surface area contributed by atoms with Crippen molar-refractivity contribution in [3.05, 3.63) is 29.9 Å². The minimum absolute atomic E-state index is 0.260. The maximum absolute atomic E-state index is 13.4. The summed E-state index contributed by atoms with van der Waals surface area (Å²) in [5, 5.41) is 13.1. The van der Waals surface area contributed by atoms with Crippen LogP contribution in [0.3, 0.4) is 0 Å². The summed E-state index contributed by atoms with van der Waals surface area (Å²) in [6.07, 6.45) is 4.14. The van der Waals surface area contributed by atoms with Gasteiger partial charge >= 0.3 is 0 Å². The van der Waals surface area contributed by atoms with Gasteiger partial charge in [0.2, 0.25) is 11.7 Å². The minimum atomic E-state index is -0.692. The van der Waals surface area contributed by atoms with E-state index in [0.717, 1.165) is 32.2 Å². The lowest BCUT2D eigenvalue weighted by Crippen LogP contribution is -2.20. The zero-order valence-corrected chi connectivity index (χ0v) is 11.6. The van der Waals surface area contributed by atoms with Gasteiger partial charge in [-0.15, -0.1) is 0 Å². The van der Waals surface area contributed by atoms with Gasteiger partial charge in [0.1, 0.15) is 0 Å². The number of hydrogen-bond acceptors (Lipinski definition) is 5. The van der Waals surface area contributed by atoms with E-state index in [0.29, 0.717) is 23.2 Å². The van der Waals surface area contributed by atoms with Crippen molar-refractivity contribution >= 4 is 0 Å². The lowest BCUT2D eigenvalue weighted by Gasteiger charge is -2.24. The Bertz CT molecular complexity index is 621. The molecule has 1 heterocycles. The van der Waals surface area contributed by atoms with Crippen LogP contribution >= 0.6 is 0 Å². The molecule has 1 aliphatic carbocycles. The number of nitrogens with two attached hydrogens (primary N) is 1. The Morgan fingerprint density at radius 3 is 2.71 bits per heavy atom. The third-order valence-electron chi connectivity index (χ3n) is 4.18. The van der Waals surface area contributed by atoms with Crippen molar-refractivity contribution in [3.8, 4) is 17.1 Å². The number of phenolic OH excluding ortho intramolecular Hbond substituents is 1. The molecule has 0 amide bonds. The van der Waals surface area contributed by atoms with E-state index in [-0.39, 0.29) is 11.7 Å². The van der Waals surface area contributed by atoms with Gasteiger partial charge in [-0.2, -0.15) is 4.98 Å². The fraction of sp³-hybridized carbons (Fsp3) is 0.467. The van der Waals surface area contributed by atoms with Crippen molar-refractivity contribution in [2.24, 2.45) is 11.7 Å². The number of phenols is 1. The fourth-order valence-electron chi connectivity index (χ4n) is 2.81. The maximum Gasteiger partial charge on any atom is 0.230 e. The van der Waals surface area contributed by atoms with Crippen LogP contribution in [-0.2, 0) is 0 Å². The number of aromatic nitrogens is 2. The number of nitrogens with zero attached hydrogens (tertiary/aromatic N) is 2. The summed E-state index contributed by atoms with van der Waals surface area (Å²) < 4.78 is 18.7. The van der Waals surface area contributed by atoms with Gasteiger partial charge in [0, 0.05) is 11.5 Å². The predicted molar refractivity (Wildman–Crippen MR) is 75.1 cm³/mol. The Balaban J connectivity index is 1.76. The Labute approximate surface area is 122 Å². The van der Waals surface area contributed by atoms with E-state index in [9.17, 15) is 9.50 Å². The second kappa shape index (κ2) is 5.81. The minimum Gasteiger partial charge on any atom is -0.505 e. The van der Waals surface area contributed by atoms with Crippen molar-refractivity contribution in [1.29, 1.82) is 0 Å². The van der Waals surface area contributed by atoms with Gasteiger partial charge in [0.25, 0.3) is 0 Å². The molecule has 1 fully saturated rings. The van der Waals surface area contributed by atoms with Crippen LogP contribution in [-0.4, -0.2) is 21.8 Å². The van der Waals surface area contributed by atoms with Crippen LogP contribution in [0.1, 0.15) is 37.5 Å². The zero-order chi connectivity index (χ0) is 14.8. The zero-order valence-electron chi connectivity index (χ0n) is 11.6. The first-order chi connectivity index (χ1) is 10.2. The molecule has 0 atom stereocenters. The number of halogens is 1. The van der Waals surface area contributed by atoms with Crippen LogP contribution < -0.4 is 5.73 Å². The normalized spacial score (nSPS) is 22.4. The molecule has 0 aliphatic heterocycles. The van der Waals surface area contributed by atoms with E-state index in [4.69, 9.17) is 10.3 Å². The first-order valence-electron chi connectivity index (χ1n) is 7.20. The fourth-order valence-corrected chi connectivity index (χ4v) is 2.81. The Kier molecular flexibility index (Phi) is 3.88. The molecule has 1 aliphatic rings. The molecule has 21 heavy (non-hydrogen) atoms. The van der Waals surface area contributed by atoms with E-state index in [1.807, 2.05) is 0 Å². The highest BCUT2D eigenvalue weighted by Crippen LogP contribution is 2.35. The number of hydrogen-bond donors (Lipinski definition) is 2. The molecule has 3 rings (SSSR count). The third-order valence-corrected chi connectivity index (χ3v) is 4.18. The molecule has 112 valence electrons. The Hall–Kier alpha value is -1.95. The number of aromatic hydroxyl groups is 1. The summed E-state index contributed by atoms with van der Waals surface area (Å²) in [4.78, 5) is 4.37. The van der Waals surface area contributed by atoms with Crippen molar-refractivity contribution in [2.45, 2.75) is 31.6 Å². The topological polar surface area (TPSA) is 85.2 Å². The Morgan fingerprint density at radius 2 is 2.05 bits per heavy atom. The van der Waals surface area contributed by atoms with Gasteiger partial charge in [-0.05, 0) is 56.3 Å². The van der Waals surface area contributed by atoms with Crippen molar-refractivity contribution in [1.82, 2.24) is 10.1 Å². The summed E-state index contributed by atoms with van der Waals surface area (Å²) in [6, 6.07) is 4.06. The molecule has 0 unspecified atom stereocenters. The second-order valence-electron chi connectivity index (χ2n) is 5.58. The summed E-state index contributed by atoms with van der Waals surface area (Å²) >= 11 is 0. The molecule has 1 saturated carbocycles. The summed E-state index contributed by atoms with van der Waals surface area (Å²) in [5.74, 6) is 0.731. The van der Waals surface area contributed by atoms with Crippen LogP contribution in [0.4, 0.5) is 4.39 Å². The van der Waals surface area contributed by atoms with E-state index in [1.54, 1.807) is 6.07 Å². The lowest BCUT2D eigenvalue weighted by atomic mass is 9.82. The van der Waals surface area contributed by atoms with E-state index >= 15 is 0 Å². The van der Waals surface area contributed by atoms with Gasteiger partial charge in [0.15, 0.2) is 11.6 Å². The molecule has 0 radical (unpaired) electrons. The van der Waals surface area contributed by atoms with Gasteiger partial charge in [-0.1, -0.05) is 5.16 Å². The molecule has 0 spiro atoms. The lowest BCUT2D eigenvalue weighted by molar-refractivity contribution is 0.275. The van der Waals surface area contributed by atoms with Crippen LogP contribution in [0.25, 0.3) is 11.4 Å². The van der Waals surface area contributed by atoms with Gasteiger partial charge in [-0.25, -0.2) is 4.39 Å². The molecule has 3 N–H and O–H groups in total. The number of rotatable bonds is 3. The number of benzene rings is 1. The predicted octanol–water partition coefficient (Wildman–Crippen LogP) is 2.81. The van der Waals surface area contributed by atoms with E-state index in [2.05, 4.69) is 10.1 Å². The molecule has 1 aromatic heterocycles. The highest BCUT2D eigenvalue weighted by molar-refractivity contribution is 5.55. The quantitative estimate of drug-likeness (QED) is 0.908. The average molecular weight is 291 g/mol. The van der Waals surface area contributed by atoms with Crippen molar-refractivity contribution in [3.63, 3.8) is 0 Å². The standard InChI is InChI=1S/C15H18FN3O2/c16-12-7-11(5-6-13(12)20)14-18-15(21-19-14)10-3-1-9(8-17)2-4-10/h5-7,9-10,20H,1-4,8,17H2. The molecule has 2 aromatic rings. The smallest absolute Gasteiger partial charge is 0.230 e. The molecule has 0 saturated heterocycles. The summed E-state index contributed by atoms with van der Waals surface area (Å²) in [7, 11) is 0. The van der Waals surface area contributed by atoms with Crippen LogP contribution in [0, 0.1) is 11.7 Å². The molecule has 6 heteroatoms. The monoisotopic (exact) mass is 291 g/mol. The molecular formula is C15H18FN3O2. The molecular weight excluding hydrogens is 273 g/mol. The van der Waals surface area contributed by atoms with Gasteiger partial charge in [0.05, 0.1) is 0 Å². The van der Waals surface area contributed by atoms with Crippen LogP contribution in [0.5, 0.6) is 5.75 Å². The van der Waals surface area contributed by atoms with E-state index in [1.165, 1.54) is 12.1 Å². The van der Waals surface area contributed by atoms with E-state index < -0.39 is 5.82 Å². The van der Waals surface area contributed by atoms with Crippen LogP contribution in [0.15, 0.2) is 22.7 Å². The van der Waals surface area contributed by atoms with Crippen LogP contribution in [0.2, 0.25) is 0 Å². The largest absolute Gasteiger partial charge is 0.505 e. The first-order valence-corrected chi connectivity index (χ1v) is 7.20. The molecule has 5 nitrogen and oxygen atoms in total. The second-order valence-corrected chi connectivity index (χ2v) is 5.58.